The summed E-state index contributed by atoms with van der Waals surface area (Å²) in [5.41, 5.74) is 5.97. The van der Waals surface area contributed by atoms with Crippen molar-refractivity contribution in [2.75, 3.05) is 0 Å². The van der Waals surface area contributed by atoms with Gasteiger partial charge < -0.3 is 11.1 Å². The van der Waals surface area contributed by atoms with Crippen molar-refractivity contribution in [3.63, 3.8) is 0 Å². The highest BCUT2D eigenvalue weighted by Crippen LogP contribution is 2.10. The van der Waals surface area contributed by atoms with Gasteiger partial charge in [-0.3, -0.25) is 4.79 Å². The number of rotatable bonds is 6. The molecule has 1 atom stereocenters. The van der Waals surface area contributed by atoms with E-state index in [1.807, 2.05) is 6.92 Å². The number of carbonyl (C=O) groups is 1. The molecule has 1 aromatic carbocycles. The molecule has 0 heterocycles. The first-order valence-electron chi connectivity index (χ1n) is 5.96. The van der Waals surface area contributed by atoms with Gasteiger partial charge in [-0.2, -0.15) is 0 Å². The quantitative estimate of drug-likeness (QED) is 0.789. The van der Waals surface area contributed by atoms with E-state index in [1.165, 1.54) is 6.07 Å². The maximum Gasteiger partial charge on any atom is 0.230 e. The summed E-state index contributed by atoms with van der Waals surface area (Å²) in [5, 5.41) is 2.62. The molecule has 0 aliphatic rings. The van der Waals surface area contributed by atoms with Crippen molar-refractivity contribution in [3.8, 4) is 0 Å². The largest absolute Gasteiger partial charge is 0.393 e. The first kappa shape index (κ1) is 15.5. The first-order chi connectivity index (χ1) is 8.95. The number of benzene rings is 1. The van der Waals surface area contributed by atoms with Crippen molar-refractivity contribution in [3.05, 3.63) is 35.4 Å². The molecule has 6 heteroatoms. The second-order valence-electron chi connectivity index (χ2n) is 4.21. The molecule has 3 nitrogen and oxygen atoms in total. The average Bonchev–Trinajstić information content (AvgIpc) is 2.36. The molecule has 19 heavy (non-hydrogen) atoms. The molecule has 0 bridgehead atoms. The van der Waals surface area contributed by atoms with Gasteiger partial charge in [0, 0.05) is 6.54 Å². The number of nitrogens with two attached hydrogens (primary N) is 1. The van der Waals surface area contributed by atoms with Gasteiger partial charge in [-0.05, 0) is 24.1 Å². The summed E-state index contributed by atoms with van der Waals surface area (Å²) in [6.45, 7) is 2.03. The summed E-state index contributed by atoms with van der Waals surface area (Å²) >= 11 is 4.83. The minimum atomic E-state index is -0.939. The molecular weight excluding hydrogens is 270 g/mol. The van der Waals surface area contributed by atoms with Gasteiger partial charge in [0.15, 0.2) is 11.6 Å². The van der Waals surface area contributed by atoms with Crippen LogP contribution in [0.5, 0.6) is 0 Å². The summed E-state index contributed by atoms with van der Waals surface area (Å²) in [6, 6.07) is 3.48. The van der Waals surface area contributed by atoms with Crippen LogP contribution in [0.4, 0.5) is 8.78 Å². The minimum absolute atomic E-state index is 0.110. The lowest BCUT2D eigenvalue weighted by molar-refractivity contribution is -0.123. The fourth-order valence-corrected chi connectivity index (χ4v) is 1.88. The van der Waals surface area contributed by atoms with Gasteiger partial charge in [-0.15, -0.1) is 0 Å². The van der Waals surface area contributed by atoms with E-state index in [1.54, 1.807) is 0 Å². The Hall–Kier alpha value is -1.56. The summed E-state index contributed by atoms with van der Waals surface area (Å²) in [5.74, 6) is -2.67. The molecule has 0 saturated carbocycles. The Labute approximate surface area is 116 Å². The lowest BCUT2D eigenvalue weighted by Gasteiger charge is -2.14. The minimum Gasteiger partial charge on any atom is -0.393 e. The van der Waals surface area contributed by atoms with Gasteiger partial charge in [0.25, 0.3) is 0 Å². The maximum atomic E-state index is 13.0. The van der Waals surface area contributed by atoms with E-state index < -0.39 is 17.6 Å². The monoisotopic (exact) mass is 286 g/mol. The number of amides is 1. The van der Waals surface area contributed by atoms with E-state index in [0.29, 0.717) is 12.0 Å². The van der Waals surface area contributed by atoms with Gasteiger partial charge >= 0.3 is 0 Å². The van der Waals surface area contributed by atoms with Crippen LogP contribution in [0.1, 0.15) is 25.3 Å². The molecule has 1 aromatic rings. The molecule has 1 amide bonds. The zero-order valence-corrected chi connectivity index (χ0v) is 11.4. The van der Waals surface area contributed by atoms with Crippen LogP contribution in [-0.4, -0.2) is 10.9 Å². The fourth-order valence-electron chi connectivity index (χ4n) is 1.65. The van der Waals surface area contributed by atoms with Crippen molar-refractivity contribution in [2.24, 2.45) is 11.7 Å². The average molecular weight is 286 g/mol. The summed E-state index contributed by atoms with van der Waals surface area (Å²) in [4.78, 5) is 12.0. The smallest absolute Gasteiger partial charge is 0.230 e. The molecule has 0 radical (unpaired) electrons. The van der Waals surface area contributed by atoms with Crippen LogP contribution in [0.25, 0.3) is 0 Å². The molecule has 104 valence electrons. The Morgan fingerprint density at radius 2 is 2.11 bits per heavy atom. The molecule has 0 spiro atoms. The third kappa shape index (κ3) is 4.55. The van der Waals surface area contributed by atoms with Crippen molar-refractivity contribution in [2.45, 2.75) is 26.3 Å². The molecule has 3 N–H and O–H groups in total. The van der Waals surface area contributed by atoms with Gasteiger partial charge in [0.05, 0.1) is 10.9 Å². The molecular formula is C13H16F2N2OS. The predicted molar refractivity (Wildman–Crippen MR) is 73.4 cm³/mol. The highest BCUT2D eigenvalue weighted by Gasteiger charge is 2.19. The predicted octanol–water partition coefficient (Wildman–Crippen LogP) is 2.28. The van der Waals surface area contributed by atoms with E-state index >= 15 is 0 Å². The normalized spacial score (nSPS) is 11.9. The van der Waals surface area contributed by atoms with E-state index in [2.05, 4.69) is 5.32 Å². The Balaban J connectivity index is 2.62. The molecule has 0 aromatic heterocycles. The summed E-state index contributed by atoms with van der Waals surface area (Å²) in [6.07, 6.45) is 1.35. The fraction of sp³-hybridized carbons (Fsp3) is 0.385. The second kappa shape index (κ2) is 7.13. The second-order valence-corrected chi connectivity index (χ2v) is 4.68. The van der Waals surface area contributed by atoms with Crippen molar-refractivity contribution >= 4 is 23.1 Å². The van der Waals surface area contributed by atoms with Gasteiger partial charge in [-0.1, -0.05) is 31.6 Å². The Kier molecular flexibility index (Phi) is 5.82. The van der Waals surface area contributed by atoms with Crippen LogP contribution >= 0.6 is 12.2 Å². The van der Waals surface area contributed by atoms with Gasteiger partial charge in [-0.25, -0.2) is 8.78 Å². The molecule has 0 aliphatic heterocycles. The summed E-state index contributed by atoms with van der Waals surface area (Å²) in [7, 11) is 0. The Morgan fingerprint density at radius 3 is 2.63 bits per heavy atom. The van der Waals surface area contributed by atoms with Crippen LogP contribution in [-0.2, 0) is 11.3 Å². The van der Waals surface area contributed by atoms with Crippen LogP contribution in [0.15, 0.2) is 18.2 Å². The third-order valence-corrected chi connectivity index (χ3v) is 2.97. The number of nitrogens with one attached hydrogen (secondary N) is 1. The first-order valence-corrected chi connectivity index (χ1v) is 6.37. The zero-order chi connectivity index (χ0) is 14.4. The van der Waals surface area contributed by atoms with Gasteiger partial charge in [0.1, 0.15) is 0 Å². The van der Waals surface area contributed by atoms with E-state index in [9.17, 15) is 13.6 Å². The number of halogens is 2. The molecule has 1 rings (SSSR count). The van der Waals surface area contributed by atoms with Gasteiger partial charge in [0.2, 0.25) is 5.91 Å². The van der Waals surface area contributed by atoms with E-state index in [-0.39, 0.29) is 17.4 Å². The zero-order valence-electron chi connectivity index (χ0n) is 10.6. The molecule has 1 unspecified atom stereocenters. The van der Waals surface area contributed by atoms with E-state index in [0.717, 1.165) is 18.6 Å². The number of carbonyl (C=O) groups excluding carboxylic acids is 1. The molecule has 0 fully saturated rings. The van der Waals surface area contributed by atoms with Crippen molar-refractivity contribution < 1.29 is 13.6 Å². The number of hydrogen-bond acceptors (Lipinski definition) is 2. The lowest BCUT2D eigenvalue weighted by Crippen LogP contribution is -2.37. The Bertz CT molecular complexity index is 480. The SMILES string of the molecule is CCCC(C(=O)NCc1ccc(F)c(F)c1)C(N)=S. The topological polar surface area (TPSA) is 55.1 Å². The highest BCUT2D eigenvalue weighted by molar-refractivity contribution is 7.80. The lowest BCUT2D eigenvalue weighted by atomic mass is 10.0. The Morgan fingerprint density at radius 1 is 1.42 bits per heavy atom. The third-order valence-electron chi connectivity index (χ3n) is 2.69. The van der Waals surface area contributed by atoms with E-state index in [4.69, 9.17) is 18.0 Å². The van der Waals surface area contributed by atoms with Crippen LogP contribution < -0.4 is 11.1 Å². The standard InChI is InChI=1S/C13H16F2N2OS/c1-2-3-9(12(16)19)13(18)17-7-8-4-5-10(14)11(15)6-8/h4-6,9H,2-3,7H2,1H3,(H2,16,19)(H,17,18). The number of thiocarbonyl (C=S) groups is 1. The van der Waals surface area contributed by atoms with Crippen LogP contribution in [0.3, 0.4) is 0 Å². The van der Waals surface area contributed by atoms with Crippen LogP contribution in [0.2, 0.25) is 0 Å². The number of hydrogen-bond donors (Lipinski definition) is 2. The summed E-state index contributed by atoms with van der Waals surface area (Å²) < 4.78 is 25.7. The highest BCUT2D eigenvalue weighted by atomic mass is 32.1. The maximum absolute atomic E-state index is 13.0. The molecule has 0 aliphatic carbocycles. The molecule has 0 saturated heterocycles. The van der Waals surface area contributed by atoms with Crippen LogP contribution in [0, 0.1) is 17.6 Å². The van der Waals surface area contributed by atoms with Crippen molar-refractivity contribution in [1.82, 2.24) is 5.32 Å². The van der Waals surface area contributed by atoms with Crippen molar-refractivity contribution in [1.29, 1.82) is 0 Å².